The summed E-state index contributed by atoms with van der Waals surface area (Å²) < 4.78 is 37.6. The fourth-order valence-electron chi connectivity index (χ4n) is 1.85. The molecule has 0 aromatic carbocycles. The molecule has 0 aromatic heterocycles. The number of ether oxygens (including phenoxy) is 2. The van der Waals surface area contributed by atoms with Crippen LogP contribution in [0.1, 0.15) is 13.3 Å². The third kappa shape index (κ3) is 2.21. The molecule has 0 N–H and O–H groups in total. The highest BCUT2D eigenvalue weighted by Gasteiger charge is 2.49. The number of phosphoric acid groups is 1. The van der Waals surface area contributed by atoms with Crippen LogP contribution in [-0.2, 0) is 27.6 Å². The molecule has 6 nitrogen and oxygen atoms in total. The van der Waals surface area contributed by atoms with Gasteiger partial charge in [-0.1, -0.05) is 6.92 Å². The maximum Gasteiger partial charge on any atom is 0.477 e. The minimum absolute atomic E-state index is 0.181. The monoisotopic (exact) mass is 248 g/mol. The highest BCUT2D eigenvalue weighted by atomic mass is 31.2. The van der Waals surface area contributed by atoms with Crippen LogP contribution in [0.3, 0.4) is 0 Å². The lowest BCUT2D eigenvalue weighted by Gasteiger charge is -2.21. The molecule has 2 aliphatic rings. The van der Waals surface area contributed by atoms with Crippen LogP contribution in [0.5, 0.6) is 0 Å². The molecule has 2 rings (SSSR count). The third-order valence-electron chi connectivity index (χ3n) is 2.69. The standard InChI is InChI=1S/C8H14BO6P/c1-3-5-6-7(8(9)14-5)12-4-13-16(10,11-2)15-6/h5-8H,3-4H2,1-2H3/t5-,6?,7+,8-,16?/m1/s1. The van der Waals surface area contributed by atoms with Crippen molar-refractivity contribution in [3.8, 4) is 0 Å². The summed E-state index contributed by atoms with van der Waals surface area (Å²) in [7, 11) is 3.46. The molecule has 0 saturated carbocycles. The maximum atomic E-state index is 11.9. The normalized spacial score (nSPS) is 48.6. The Morgan fingerprint density at radius 1 is 1.50 bits per heavy atom. The van der Waals surface area contributed by atoms with Crippen LogP contribution in [0.25, 0.3) is 0 Å². The Balaban J connectivity index is 2.18. The van der Waals surface area contributed by atoms with E-state index in [-0.39, 0.29) is 12.9 Å². The molecule has 2 heterocycles. The van der Waals surface area contributed by atoms with Crippen molar-refractivity contribution in [3.05, 3.63) is 0 Å². The zero-order chi connectivity index (χ0) is 11.8. The van der Waals surface area contributed by atoms with E-state index in [2.05, 4.69) is 0 Å². The van der Waals surface area contributed by atoms with Crippen LogP contribution in [0.2, 0.25) is 0 Å². The summed E-state index contributed by atoms with van der Waals surface area (Å²) in [5, 5.41) is 0. The molecule has 2 radical (unpaired) electrons. The van der Waals surface area contributed by atoms with Crippen molar-refractivity contribution in [2.75, 3.05) is 13.9 Å². The van der Waals surface area contributed by atoms with Gasteiger partial charge < -0.3 is 9.47 Å². The van der Waals surface area contributed by atoms with E-state index in [1.807, 2.05) is 6.92 Å². The highest BCUT2D eigenvalue weighted by molar-refractivity contribution is 7.48. The predicted octanol–water partition coefficient (Wildman–Crippen LogP) is 0.802. The van der Waals surface area contributed by atoms with Gasteiger partial charge in [0.15, 0.2) is 6.79 Å². The predicted molar refractivity (Wildman–Crippen MR) is 55.0 cm³/mol. The van der Waals surface area contributed by atoms with Gasteiger partial charge in [0.1, 0.15) is 20.1 Å². The molecule has 90 valence electrons. The molecule has 0 spiro atoms. The Hall–Kier alpha value is 0.0949. The van der Waals surface area contributed by atoms with E-state index in [9.17, 15) is 4.57 Å². The van der Waals surface area contributed by atoms with Crippen molar-refractivity contribution in [2.24, 2.45) is 0 Å². The molecule has 0 bridgehead atoms. The van der Waals surface area contributed by atoms with Gasteiger partial charge in [-0.2, -0.15) is 0 Å². The van der Waals surface area contributed by atoms with E-state index >= 15 is 0 Å². The number of fused-ring (bicyclic) bond motifs is 1. The largest absolute Gasteiger partial charge is 0.477 e. The van der Waals surface area contributed by atoms with Gasteiger partial charge in [-0.05, 0) is 6.42 Å². The van der Waals surface area contributed by atoms with Crippen LogP contribution in [0.15, 0.2) is 0 Å². The summed E-state index contributed by atoms with van der Waals surface area (Å²) in [5.74, 6) is 0. The molecule has 16 heavy (non-hydrogen) atoms. The van der Waals surface area contributed by atoms with Crippen molar-refractivity contribution in [1.29, 1.82) is 0 Å². The number of phosphoric ester groups is 1. The first-order valence-electron chi connectivity index (χ1n) is 5.11. The van der Waals surface area contributed by atoms with E-state index in [4.69, 9.17) is 30.9 Å². The van der Waals surface area contributed by atoms with Crippen LogP contribution < -0.4 is 0 Å². The fourth-order valence-corrected chi connectivity index (χ4v) is 2.85. The SMILES string of the molecule is [B][C@@H]1O[C@H](CC)C2OP(=O)(OC)OCO[C@@H]21. The molecule has 5 atom stereocenters. The molecule has 0 aromatic rings. The summed E-state index contributed by atoms with van der Waals surface area (Å²) in [6.45, 7) is 1.74. The van der Waals surface area contributed by atoms with Crippen LogP contribution >= 0.6 is 7.82 Å². The smallest absolute Gasteiger partial charge is 0.379 e. The van der Waals surface area contributed by atoms with Crippen molar-refractivity contribution in [1.82, 2.24) is 0 Å². The Labute approximate surface area is 95.6 Å². The van der Waals surface area contributed by atoms with Gasteiger partial charge in [-0.3, -0.25) is 13.6 Å². The van der Waals surface area contributed by atoms with Gasteiger partial charge in [0.2, 0.25) is 0 Å². The molecule has 2 unspecified atom stereocenters. The highest BCUT2D eigenvalue weighted by Crippen LogP contribution is 2.53. The average molecular weight is 248 g/mol. The van der Waals surface area contributed by atoms with Gasteiger partial charge in [-0.25, -0.2) is 4.57 Å². The minimum Gasteiger partial charge on any atom is -0.379 e. The van der Waals surface area contributed by atoms with Gasteiger partial charge in [-0.15, -0.1) is 0 Å². The minimum atomic E-state index is -3.55. The van der Waals surface area contributed by atoms with E-state index in [0.29, 0.717) is 6.42 Å². The average Bonchev–Trinajstić information content (AvgIpc) is 2.48. The van der Waals surface area contributed by atoms with Crippen molar-refractivity contribution in [3.63, 3.8) is 0 Å². The summed E-state index contributed by atoms with van der Waals surface area (Å²) in [6, 6.07) is -0.595. The Bertz CT molecular complexity index is 300. The van der Waals surface area contributed by atoms with E-state index in [1.165, 1.54) is 7.11 Å². The Morgan fingerprint density at radius 2 is 2.25 bits per heavy atom. The molecule has 2 fully saturated rings. The van der Waals surface area contributed by atoms with Crippen LogP contribution in [-0.4, -0.2) is 46.1 Å². The topological polar surface area (TPSA) is 63.2 Å². The zero-order valence-corrected chi connectivity index (χ0v) is 10.1. The van der Waals surface area contributed by atoms with E-state index in [0.717, 1.165) is 0 Å². The second-order valence-electron chi connectivity index (χ2n) is 3.63. The number of hydrogen-bond donors (Lipinski definition) is 0. The molecular weight excluding hydrogens is 234 g/mol. The Morgan fingerprint density at radius 3 is 2.88 bits per heavy atom. The van der Waals surface area contributed by atoms with Gasteiger partial charge in [0.25, 0.3) is 0 Å². The lowest BCUT2D eigenvalue weighted by molar-refractivity contribution is -0.0484. The first-order chi connectivity index (χ1) is 7.59. The Kier molecular flexibility index (Phi) is 3.73. The summed E-state index contributed by atoms with van der Waals surface area (Å²) >= 11 is 0. The van der Waals surface area contributed by atoms with Gasteiger partial charge in [0, 0.05) is 13.1 Å². The van der Waals surface area contributed by atoms with Crippen molar-refractivity contribution in [2.45, 2.75) is 37.7 Å². The maximum absolute atomic E-state index is 11.9. The number of rotatable bonds is 2. The lowest BCUT2D eigenvalue weighted by atomic mass is 9.92. The molecule has 0 aliphatic carbocycles. The van der Waals surface area contributed by atoms with Crippen molar-refractivity contribution < 1.29 is 27.6 Å². The molecule has 2 aliphatic heterocycles. The molecule has 0 amide bonds. The quantitative estimate of drug-likeness (QED) is 0.532. The zero-order valence-electron chi connectivity index (χ0n) is 9.20. The van der Waals surface area contributed by atoms with Gasteiger partial charge >= 0.3 is 7.82 Å². The van der Waals surface area contributed by atoms with Crippen molar-refractivity contribution >= 4 is 15.7 Å². The van der Waals surface area contributed by atoms with E-state index < -0.39 is 26.0 Å². The first kappa shape index (κ1) is 12.5. The van der Waals surface area contributed by atoms with Crippen LogP contribution in [0, 0.1) is 0 Å². The molecule has 8 heteroatoms. The number of hydrogen-bond acceptors (Lipinski definition) is 6. The molecule has 2 saturated heterocycles. The first-order valence-corrected chi connectivity index (χ1v) is 6.57. The summed E-state index contributed by atoms with van der Waals surface area (Å²) in [4.78, 5) is 0. The van der Waals surface area contributed by atoms with E-state index in [1.54, 1.807) is 0 Å². The summed E-state index contributed by atoms with van der Waals surface area (Å²) in [6.07, 6.45) is -0.573. The van der Waals surface area contributed by atoms with Gasteiger partial charge in [0.05, 0.1) is 6.10 Å². The lowest BCUT2D eigenvalue weighted by Crippen LogP contribution is -2.35. The second-order valence-corrected chi connectivity index (χ2v) is 5.35. The summed E-state index contributed by atoms with van der Waals surface area (Å²) in [5.41, 5.74) is 0. The fraction of sp³-hybridized carbons (Fsp3) is 1.00. The third-order valence-corrected chi connectivity index (χ3v) is 4.06. The molecular formula is C8H14BO6P. The van der Waals surface area contributed by atoms with Crippen LogP contribution in [0.4, 0.5) is 0 Å². The second kappa shape index (κ2) is 4.76.